The predicted molar refractivity (Wildman–Crippen MR) is 84.3 cm³/mol. The first kappa shape index (κ1) is 17.9. The average molecular weight is 342 g/mol. The van der Waals surface area contributed by atoms with Gasteiger partial charge in [0.2, 0.25) is 0 Å². The molecule has 1 aliphatic rings. The largest absolute Gasteiger partial charge is 0.462 e. The summed E-state index contributed by atoms with van der Waals surface area (Å²) in [5.41, 5.74) is 0.917. The molecule has 0 amide bonds. The van der Waals surface area contributed by atoms with Crippen molar-refractivity contribution in [2.24, 2.45) is 5.92 Å². The lowest BCUT2D eigenvalue weighted by Crippen LogP contribution is -2.30. The van der Waals surface area contributed by atoms with E-state index >= 15 is 0 Å². The molecule has 0 spiro atoms. The third kappa shape index (κ3) is 5.30. The van der Waals surface area contributed by atoms with Crippen LogP contribution in [0.15, 0.2) is 30.3 Å². The van der Waals surface area contributed by atoms with E-state index in [9.17, 15) is 17.8 Å². The molecule has 0 aliphatic carbocycles. The second-order valence-electron chi connectivity index (χ2n) is 5.77. The lowest BCUT2D eigenvalue weighted by molar-refractivity contribution is -0.144. The quantitative estimate of drug-likeness (QED) is 0.575. The maximum absolute atomic E-state index is 11.6. The Labute approximate surface area is 136 Å². The van der Waals surface area contributed by atoms with Crippen LogP contribution in [-0.4, -0.2) is 36.9 Å². The van der Waals surface area contributed by atoms with Crippen molar-refractivity contribution < 1.29 is 27.2 Å². The van der Waals surface area contributed by atoms with Crippen LogP contribution in [0.5, 0.6) is 0 Å². The van der Waals surface area contributed by atoms with Gasteiger partial charge in [-0.25, -0.2) is 0 Å². The van der Waals surface area contributed by atoms with Gasteiger partial charge in [0.05, 0.1) is 19.1 Å². The maximum Gasteiger partial charge on any atom is 0.309 e. The minimum Gasteiger partial charge on any atom is -0.462 e. The Morgan fingerprint density at radius 3 is 2.61 bits per heavy atom. The van der Waals surface area contributed by atoms with Crippen molar-refractivity contribution in [1.29, 1.82) is 0 Å². The van der Waals surface area contributed by atoms with Crippen molar-refractivity contribution >= 4 is 16.1 Å². The van der Waals surface area contributed by atoms with Crippen LogP contribution in [0.2, 0.25) is 0 Å². The summed E-state index contributed by atoms with van der Waals surface area (Å²) in [6, 6.07) is 9.34. The van der Waals surface area contributed by atoms with Gasteiger partial charge in [0.1, 0.15) is 11.4 Å². The highest BCUT2D eigenvalue weighted by Crippen LogP contribution is 2.28. The van der Waals surface area contributed by atoms with Gasteiger partial charge in [-0.3, -0.25) is 9.35 Å². The van der Waals surface area contributed by atoms with E-state index in [1.807, 2.05) is 37.3 Å². The van der Waals surface area contributed by atoms with Crippen LogP contribution in [0.3, 0.4) is 0 Å². The van der Waals surface area contributed by atoms with Gasteiger partial charge in [-0.05, 0) is 18.4 Å². The lowest BCUT2D eigenvalue weighted by Gasteiger charge is -2.17. The molecule has 1 aromatic rings. The number of hydrogen-bond acceptors (Lipinski definition) is 5. The van der Waals surface area contributed by atoms with Crippen molar-refractivity contribution in [3.05, 3.63) is 35.9 Å². The molecular weight excluding hydrogens is 320 g/mol. The van der Waals surface area contributed by atoms with E-state index in [0.29, 0.717) is 12.8 Å². The first-order valence-electron chi connectivity index (χ1n) is 7.68. The van der Waals surface area contributed by atoms with Crippen LogP contribution >= 0.6 is 0 Å². The monoisotopic (exact) mass is 342 g/mol. The molecule has 23 heavy (non-hydrogen) atoms. The van der Waals surface area contributed by atoms with Gasteiger partial charge in [-0.2, -0.15) is 8.42 Å². The molecule has 1 heterocycles. The van der Waals surface area contributed by atoms with Crippen LogP contribution in [-0.2, 0) is 31.0 Å². The van der Waals surface area contributed by atoms with Gasteiger partial charge in [-0.15, -0.1) is 0 Å². The molecular formula is C16H22O6S. The average Bonchev–Trinajstić information content (AvgIpc) is 2.86. The van der Waals surface area contributed by atoms with E-state index in [1.165, 1.54) is 0 Å². The number of hydrogen-bond donors (Lipinski definition) is 1. The van der Waals surface area contributed by atoms with Gasteiger partial charge >= 0.3 is 5.97 Å². The van der Waals surface area contributed by atoms with Crippen LogP contribution in [0.25, 0.3) is 0 Å². The van der Waals surface area contributed by atoms with Crippen molar-refractivity contribution in [2.45, 2.75) is 44.1 Å². The molecule has 1 aliphatic heterocycles. The number of rotatable bonds is 8. The zero-order valence-corrected chi connectivity index (χ0v) is 13.9. The van der Waals surface area contributed by atoms with E-state index < -0.39 is 21.5 Å². The van der Waals surface area contributed by atoms with Gasteiger partial charge in [0.15, 0.2) is 0 Å². The molecule has 1 saturated heterocycles. The van der Waals surface area contributed by atoms with Gasteiger partial charge in [-0.1, -0.05) is 37.3 Å². The summed E-state index contributed by atoms with van der Waals surface area (Å²) in [6.07, 6.45) is 0.714. The first-order chi connectivity index (χ1) is 10.9. The lowest BCUT2D eigenvalue weighted by atomic mass is 10.0. The van der Waals surface area contributed by atoms with E-state index in [-0.39, 0.29) is 31.5 Å². The number of esters is 1. The molecule has 0 unspecified atom stereocenters. The third-order valence-electron chi connectivity index (χ3n) is 4.02. The number of cyclic esters (lactones) is 1. The van der Waals surface area contributed by atoms with Crippen LogP contribution in [0, 0.1) is 5.92 Å². The normalized spacial score (nSPS) is 22.8. The summed E-state index contributed by atoms with van der Waals surface area (Å²) in [5, 5.41) is -1.10. The molecule has 1 N–H and O–H groups in total. The number of ether oxygens (including phenoxy) is 2. The highest BCUT2D eigenvalue weighted by Gasteiger charge is 2.37. The zero-order valence-electron chi connectivity index (χ0n) is 13.1. The predicted octanol–water partition coefficient (Wildman–Crippen LogP) is 2.19. The molecule has 1 aromatic carbocycles. The Kier molecular flexibility index (Phi) is 6.15. The maximum atomic E-state index is 11.6. The van der Waals surface area contributed by atoms with Gasteiger partial charge in [0, 0.05) is 6.42 Å². The highest BCUT2D eigenvalue weighted by atomic mass is 32.2. The Morgan fingerprint density at radius 1 is 1.35 bits per heavy atom. The fraction of sp³-hybridized carbons (Fsp3) is 0.562. The van der Waals surface area contributed by atoms with E-state index in [4.69, 9.17) is 9.47 Å². The van der Waals surface area contributed by atoms with Crippen LogP contribution in [0.4, 0.5) is 0 Å². The van der Waals surface area contributed by atoms with Crippen molar-refractivity contribution in [1.82, 2.24) is 0 Å². The molecule has 2 rings (SSSR count). The molecule has 0 saturated carbocycles. The minimum atomic E-state index is -4.26. The molecule has 7 heteroatoms. The van der Waals surface area contributed by atoms with E-state index in [2.05, 4.69) is 0 Å². The van der Waals surface area contributed by atoms with Crippen molar-refractivity contribution in [3.8, 4) is 0 Å². The van der Waals surface area contributed by atoms with Gasteiger partial charge in [0.25, 0.3) is 10.1 Å². The molecule has 3 atom stereocenters. The highest BCUT2D eigenvalue weighted by molar-refractivity contribution is 7.86. The Hall–Kier alpha value is -1.44. The molecule has 128 valence electrons. The van der Waals surface area contributed by atoms with Crippen LogP contribution in [0.1, 0.15) is 31.7 Å². The molecule has 0 radical (unpaired) electrons. The third-order valence-corrected chi connectivity index (χ3v) is 5.19. The number of carbonyl (C=O) groups excluding carboxylic acids is 1. The topological polar surface area (TPSA) is 89.9 Å². The Morgan fingerprint density at radius 2 is 2.04 bits per heavy atom. The van der Waals surface area contributed by atoms with Gasteiger partial charge < -0.3 is 9.47 Å². The summed E-state index contributed by atoms with van der Waals surface area (Å²) in [5.74, 6) is -0.482. The number of benzene rings is 1. The fourth-order valence-electron chi connectivity index (χ4n) is 2.65. The Balaban J connectivity index is 1.89. The molecule has 0 bridgehead atoms. The molecule has 0 aromatic heterocycles. The van der Waals surface area contributed by atoms with Crippen LogP contribution < -0.4 is 0 Å². The second-order valence-corrected chi connectivity index (χ2v) is 7.47. The second kappa shape index (κ2) is 7.90. The van der Waals surface area contributed by atoms with Crippen molar-refractivity contribution in [3.63, 3.8) is 0 Å². The first-order valence-corrected chi connectivity index (χ1v) is 9.19. The van der Waals surface area contributed by atoms with E-state index in [1.54, 1.807) is 0 Å². The van der Waals surface area contributed by atoms with Crippen molar-refractivity contribution in [2.75, 3.05) is 6.61 Å². The Bertz CT molecular complexity index is 613. The summed E-state index contributed by atoms with van der Waals surface area (Å²) in [4.78, 5) is 11.6. The summed E-state index contributed by atoms with van der Waals surface area (Å²) in [7, 11) is -4.26. The smallest absolute Gasteiger partial charge is 0.309 e. The fourth-order valence-corrected chi connectivity index (χ4v) is 3.38. The number of carbonyl (C=O) groups is 1. The summed E-state index contributed by atoms with van der Waals surface area (Å²) < 4.78 is 43.0. The standard InChI is InChI=1S/C16H22O6S/c1-2-13-8-14(22-16(13)17)9-15(23(18,19)20)11-21-10-12-6-4-3-5-7-12/h3-7,13-15H,2,8-11H2,1H3,(H,18,19,20)/t13-,14+,15-/m1/s1. The minimum absolute atomic E-state index is 0.0515. The SMILES string of the molecule is CC[C@@H]1C[C@@H](C[C@H](COCc2ccccc2)S(=O)(=O)O)OC1=O. The summed E-state index contributed by atoms with van der Waals surface area (Å²) >= 11 is 0. The zero-order chi connectivity index (χ0) is 16.9. The van der Waals surface area contributed by atoms with E-state index in [0.717, 1.165) is 5.56 Å². The molecule has 1 fully saturated rings. The summed E-state index contributed by atoms with van der Waals surface area (Å²) in [6.45, 7) is 2.00. The molecule has 6 nitrogen and oxygen atoms in total.